The number of H-pyrrole nitrogens is 1. The van der Waals surface area contributed by atoms with E-state index in [1.165, 1.54) is 16.5 Å². The first-order chi connectivity index (χ1) is 15.1. The highest BCUT2D eigenvalue weighted by molar-refractivity contribution is 5.85. The van der Waals surface area contributed by atoms with Gasteiger partial charge in [0.1, 0.15) is 5.82 Å². The van der Waals surface area contributed by atoms with Crippen molar-refractivity contribution in [3.8, 4) is 0 Å². The highest BCUT2D eigenvalue weighted by atomic mass is 16.5. The van der Waals surface area contributed by atoms with E-state index < -0.39 is 0 Å². The molecule has 4 rings (SSSR count). The van der Waals surface area contributed by atoms with Crippen LogP contribution in [0, 0.1) is 5.92 Å². The summed E-state index contributed by atoms with van der Waals surface area (Å²) in [5.74, 6) is 1.06. The maximum Gasteiger partial charge on any atom is 0.220 e. The average Bonchev–Trinajstić information content (AvgIpc) is 3.36. The molecule has 4 aromatic rings. The fraction of sp³-hybridized carbons (Fsp3) is 0.360. The minimum absolute atomic E-state index is 0.0351. The van der Waals surface area contributed by atoms with Crippen LogP contribution in [-0.2, 0) is 22.5 Å². The Morgan fingerprint density at radius 1 is 1.16 bits per heavy atom. The lowest BCUT2D eigenvalue weighted by molar-refractivity contribution is -0.122. The Kier molecular flexibility index (Phi) is 6.37. The van der Waals surface area contributed by atoms with Crippen LogP contribution in [0.2, 0.25) is 0 Å². The fourth-order valence-corrected chi connectivity index (χ4v) is 4.06. The van der Waals surface area contributed by atoms with Gasteiger partial charge in [-0.3, -0.25) is 4.79 Å². The van der Waals surface area contributed by atoms with Gasteiger partial charge in [0.15, 0.2) is 0 Å². The molecule has 0 aliphatic carbocycles. The molecule has 2 aromatic carbocycles. The molecule has 1 amide bonds. The van der Waals surface area contributed by atoms with Gasteiger partial charge in [-0.05, 0) is 36.1 Å². The summed E-state index contributed by atoms with van der Waals surface area (Å²) in [5.41, 5.74) is 4.27. The smallest absolute Gasteiger partial charge is 0.220 e. The minimum Gasteiger partial charge on any atom is -0.383 e. The fourth-order valence-electron chi connectivity index (χ4n) is 4.06. The largest absolute Gasteiger partial charge is 0.383 e. The van der Waals surface area contributed by atoms with Crippen LogP contribution in [0.5, 0.6) is 0 Å². The molecule has 0 aliphatic heterocycles. The molecule has 0 radical (unpaired) electrons. The van der Waals surface area contributed by atoms with Gasteiger partial charge in [-0.15, -0.1) is 0 Å². The van der Waals surface area contributed by atoms with E-state index in [1.54, 1.807) is 7.11 Å². The summed E-state index contributed by atoms with van der Waals surface area (Å²) < 4.78 is 7.44. The highest BCUT2D eigenvalue weighted by Gasteiger charge is 2.22. The number of nitrogens with zero attached hydrogens (tertiary/aromatic N) is 2. The Balaban J connectivity index is 1.46. The number of aryl methyl sites for hydroxylation is 1. The standard InChI is InChI=1S/C25H30N4O2/c1-17(2)24(25-26-20-9-5-6-10-21(20)27-25)28-23(30)13-12-18-16-29(14-15-31-3)22-11-7-4-8-19(18)22/h4-11,16-17,24H,12-15H2,1-3H3,(H,26,27)(H,28,30)/t24-/m1/s1. The van der Waals surface area contributed by atoms with Crippen LogP contribution in [0.3, 0.4) is 0 Å². The normalized spacial score (nSPS) is 12.6. The third-order valence-electron chi connectivity index (χ3n) is 5.71. The molecule has 0 spiro atoms. The molecular formula is C25H30N4O2. The van der Waals surface area contributed by atoms with Crippen LogP contribution in [0.15, 0.2) is 54.7 Å². The quantitative estimate of drug-likeness (QED) is 0.417. The molecule has 2 aromatic heterocycles. The van der Waals surface area contributed by atoms with Gasteiger partial charge in [-0.2, -0.15) is 0 Å². The number of carbonyl (C=O) groups is 1. The van der Waals surface area contributed by atoms with Gasteiger partial charge in [0.25, 0.3) is 0 Å². The van der Waals surface area contributed by atoms with E-state index in [0.717, 1.165) is 23.4 Å². The second kappa shape index (κ2) is 9.35. The SMILES string of the molecule is COCCn1cc(CCC(=O)N[C@@H](c2nc3ccccc3[nH]2)C(C)C)c2ccccc21. The van der Waals surface area contributed by atoms with Crippen LogP contribution in [0.25, 0.3) is 21.9 Å². The van der Waals surface area contributed by atoms with Crippen LogP contribution in [0.1, 0.15) is 37.7 Å². The number of amides is 1. The number of benzene rings is 2. The highest BCUT2D eigenvalue weighted by Crippen LogP contribution is 2.24. The summed E-state index contributed by atoms with van der Waals surface area (Å²) in [5, 5.41) is 4.39. The van der Waals surface area contributed by atoms with Gasteiger partial charge < -0.3 is 19.6 Å². The second-order valence-corrected chi connectivity index (χ2v) is 8.29. The number of para-hydroxylation sites is 3. The van der Waals surface area contributed by atoms with Gasteiger partial charge in [0.05, 0.1) is 23.7 Å². The molecular weight excluding hydrogens is 388 g/mol. The maximum absolute atomic E-state index is 12.9. The zero-order valence-electron chi connectivity index (χ0n) is 18.4. The van der Waals surface area contributed by atoms with Crippen molar-refractivity contribution in [1.82, 2.24) is 19.9 Å². The van der Waals surface area contributed by atoms with Gasteiger partial charge in [0, 0.05) is 37.2 Å². The summed E-state index contributed by atoms with van der Waals surface area (Å²) in [6.07, 6.45) is 3.27. The lowest BCUT2D eigenvalue weighted by Gasteiger charge is -2.20. The Bertz CT molecular complexity index is 1140. The Labute approximate surface area is 182 Å². The predicted octanol–water partition coefficient (Wildman–Crippen LogP) is 4.61. The van der Waals surface area contributed by atoms with E-state index in [2.05, 4.69) is 47.0 Å². The maximum atomic E-state index is 12.9. The number of aromatic amines is 1. The van der Waals surface area contributed by atoms with E-state index >= 15 is 0 Å². The first-order valence-electron chi connectivity index (χ1n) is 10.9. The molecule has 6 heteroatoms. The van der Waals surface area contributed by atoms with Crippen molar-refractivity contribution in [3.63, 3.8) is 0 Å². The third-order valence-corrected chi connectivity index (χ3v) is 5.71. The molecule has 1 atom stereocenters. The van der Waals surface area contributed by atoms with E-state index in [1.807, 2.05) is 36.4 Å². The number of ether oxygens (including phenoxy) is 1. The van der Waals surface area contributed by atoms with Crippen molar-refractivity contribution < 1.29 is 9.53 Å². The lowest BCUT2D eigenvalue weighted by Crippen LogP contribution is -2.32. The van der Waals surface area contributed by atoms with Crippen molar-refractivity contribution in [2.24, 2.45) is 5.92 Å². The van der Waals surface area contributed by atoms with Crippen molar-refractivity contribution in [2.45, 2.75) is 39.3 Å². The zero-order valence-corrected chi connectivity index (χ0v) is 18.4. The summed E-state index contributed by atoms with van der Waals surface area (Å²) in [6.45, 7) is 5.65. The molecule has 6 nitrogen and oxygen atoms in total. The number of nitrogens with one attached hydrogen (secondary N) is 2. The number of methoxy groups -OCH3 is 1. The van der Waals surface area contributed by atoms with Crippen molar-refractivity contribution in [3.05, 3.63) is 66.1 Å². The topological polar surface area (TPSA) is 71.9 Å². The van der Waals surface area contributed by atoms with Gasteiger partial charge in [-0.1, -0.05) is 44.2 Å². The molecule has 2 N–H and O–H groups in total. The summed E-state index contributed by atoms with van der Waals surface area (Å²) >= 11 is 0. The number of hydrogen-bond donors (Lipinski definition) is 2. The molecule has 0 saturated heterocycles. The van der Waals surface area contributed by atoms with Gasteiger partial charge in [0.2, 0.25) is 5.91 Å². The number of rotatable bonds is 9. The van der Waals surface area contributed by atoms with Gasteiger partial charge >= 0.3 is 0 Å². The lowest BCUT2D eigenvalue weighted by atomic mass is 10.0. The number of hydrogen-bond acceptors (Lipinski definition) is 3. The van der Waals surface area contributed by atoms with Crippen LogP contribution >= 0.6 is 0 Å². The van der Waals surface area contributed by atoms with E-state index in [0.29, 0.717) is 19.4 Å². The molecule has 0 fully saturated rings. The van der Waals surface area contributed by atoms with E-state index in [-0.39, 0.29) is 17.9 Å². The van der Waals surface area contributed by atoms with E-state index in [4.69, 9.17) is 9.72 Å². The second-order valence-electron chi connectivity index (χ2n) is 8.29. The van der Waals surface area contributed by atoms with Crippen molar-refractivity contribution >= 4 is 27.8 Å². The average molecular weight is 419 g/mol. The Morgan fingerprint density at radius 3 is 2.71 bits per heavy atom. The summed E-state index contributed by atoms with van der Waals surface area (Å²) in [7, 11) is 1.71. The van der Waals surface area contributed by atoms with Crippen LogP contribution < -0.4 is 5.32 Å². The zero-order chi connectivity index (χ0) is 21.8. The first-order valence-corrected chi connectivity index (χ1v) is 10.9. The van der Waals surface area contributed by atoms with Gasteiger partial charge in [-0.25, -0.2) is 4.98 Å². The Morgan fingerprint density at radius 2 is 1.94 bits per heavy atom. The summed E-state index contributed by atoms with van der Waals surface area (Å²) in [4.78, 5) is 20.9. The number of fused-ring (bicyclic) bond motifs is 2. The molecule has 0 aliphatic rings. The molecule has 0 bridgehead atoms. The minimum atomic E-state index is -0.150. The number of aromatic nitrogens is 3. The number of imidazole rings is 1. The van der Waals surface area contributed by atoms with Crippen LogP contribution in [0.4, 0.5) is 0 Å². The Hall–Kier alpha value is -3.12. The molecule has 162 valence electrons. The summed E-state index contributed by atoms with van der Waals surface area (Å²) in [6, 6.07) is 16.1. The number of carbonyl (C=O) groups excluding carboxylic acids is 1. The first kappa shape index (κ1) is 21.1. The van der Waals surface area contributed by atoms with E-state index in [9.17, 15) is 4.79 Å². The van der Waals surface area contributed by atoms with Crippen molar-refractivity contribution in [1.29, 1.82) is 0 Å². The molecule has 0 unspecified atom stereocenters. The molecule has 0 saturated carbocycles. The van der Waals surface area contributed by atoms with Crippen molar-refractivity contribution in [2.75, 3.05) is 13.7 Å². The predicted molar refractivity (Wildman–Crippen MR) is 124 cm³/mol. The monoisotopic (exact) mass is 418 g/mol. The molecule has 2 heterocycles. The molecule has 31 heavy (non-hydrogen) atoms. The third kappa shape index (κ3) is 4.64. The van der Waals surface area contributed by atoms with Crippen LogP contribution in [-0.4, -0.2) is 34.2 Å².